The van der Waals surface area contributed by atoms with E-state index in [2.05, 4.69) is 16.4 Å². The second kappa shape index (κ2) is 4.85. The number of imidazole rings is 1. The molecule has 0 aliphatic carbocycles. The van der Waals surface area contributed by atoms with E-state index in [0.717, 1.165) is 11.0 Å². The number of para-hydroxylation sites is 2. The smallest absolute Gasteiger partial charge is 0.210 e. The predicted molar refractivity (Wildman–Crippen MR) is 85.5 cm³/mol. The van der Waals surface area contributed by atoms with Gasteiger partial charge in [-0.1, -0.05) is 30.3 Å². The van der Waals surface area contributed by atoms with E-state index in [1.54, 1.807) is 22.8 Å². The Morgan fingerprint density at radius 3 is 2.70 bits per heavy atom. The molecule has 1 atom stereocenters. The van der Waals surface area contributed by atoms with Gasteiger partial charge >= 0.3 is 0 Å². The molecule has 0 spiro atoms. The van der Waals surface area contributed by atoms with Crippen LogP contribution in [0.4, 0.5) is 10.3 Å². The fourth-order valence-corrected chi connectivity index (χ4v) is 2.90. The molecule has 1 aromatic heterocycles. The summed E-state index contributed by atoms with van der Waals surface area (Å²) in [5.74, 6) is 0.370. The molecule has 112 valence electrons. The summed E-state index contributed by atoms with van der Waals surface area (Å²) >= 11 is 0. The largest absolute Gasteiger partial charge is 0.384 e. The summed E-state index contributed by atoms with van der Waals surface area (Å²) in [6, 6.07) is 15.3. The van der Waals surface area contributed by atoms with Crippen LogP contribution in [0.25, 0.3) is 16.9 Å². The molecule has 2 aromatic carbocycles. The van der Waals surface area contributed by atoms with Gasteiger partial charge in [0.25, 0.3) is 0 Å². The maximum Gasteiger partial charge on any atom is 0.210 e. The maximum absolute atomic E-state index is 14.2. The van der Waals surface area contributed by atoms with E-state index < -0.39 is 11.9 Å². The molecule has 0 saturated carbocycles. The molecule has 3 aromatic rings. The Morgan fingerprint density at radius 1 is 1.17 bits per heavy atom. The first-order chi connectivity index (χ1) is 11.2. The number of nitriles is 1. The summed E-state index contributed by atoms with van der Waals surface area (Å²) in [6.07, 6.45) is 0. The van der Waals surface area contributed by atoms with Gasteiger partial charge in [-0.15, -0.1) is 0 Å². The van der Waals surface area contributed by atoms with Crippen molar-refractivity contribution in [1.29, 1.82) is 5.26 Å². The highest BCUT2D eigenvalue weighted by Crippen LogP contribution is 2.36. The topological polar surface area (TPSA) is 79.7 Å². The molecule has 4 rings (SSSR count). The molecule has 0 amide bonds. The highest BCUT2D eigenvalue weighted by atomic mass is 19.1. The third-order valence-electron chi connectivity index (χ3n) is 3.98. The number of hydrogen-bond acceptors (Lipinski definition) is 4. The molecule has 5 nitrogen and oxygen atoms in total. The SMILES string of the molecule is N#CC1=C(N)n2c(nc3ccccc32)N[C@H]1c1ccccc1F. The molecular weight excluding hydrogens is 293 g/mol. The van der Waals surface area contributed by atoms with Gasteiger partial charge in [0.15, 0.2) is 0 Å². The molecule has 23 heavy (non-hydrogen) atoms. The average Bonchev–Trinajstić information content (AvgIpc) is 2.93. The van der Waals surface area contributed by atoms with E-state index in [1.807, 2.05) is 24.3 Å². The van der Waals surface area contributed by atoms with E-state index >= 15 is 0 Å². The Morgan fingerprint density at radius 2 is 1.91 bits per heavy atom. The summed E-state index contributed by atoms with van der Waals surface area (Å²) in [7, 11) is 0. The first-order valence-electron chi connectivity index (χ1n) is 7.09. The second-order valence-electron chi connectivity index (χ2n) is 5.27. The number of halogens is 1. The van der Waals surface area contributed by atoms with Crippen LogP contribution in [-0.4, -0.2) is 9.55 Å². The lowest BCUT2D eigenvalue weighted by Gasteiger charge is -2.26. The third kappa shape index (κ3) is 1.87. The van der Waals surface area contributed by atoms with Crippen molar-refractivity contribution in [3.8, 4) is 6.07 Å². The summed E-state index contributed by atoms with van der Waals surface area (Å²) in [5, 5.41) is 12.7. The fourth-order valence-electron chi connectivity index (χ4n) is 2.90. The lowest BCUT2D eigenvalue weighted by Crippen LogP contribution is -2.26. The molecule has 0 radical (unpaired) electrons. The van der Waals surface area contributed by atoms with Crippen molar-refractivity contribution in [2.75, 3.05) is 5.32 Å². The zero-order valence-corrected chi connectivity index (χ0v) is 12.0. The Balaban J connectivity index is 1.97. The maximum atomic E-state index is 14.2. The quantitative estimate of drug-likeness (QED) is 0.724. The number of nitrogens with two attached hydrogens (primary N) is 1. The normalized spacial score (nSPS) is 16.8. The highest BCUT2D eigenvalue weighted by Gasteiger charge is 2.30. The molecule has 3 N–H and O–H groups in total. The minimum Gasteiger partial charge on any atom is -0.384 e. The number of fused-ring (bicyclic) bond motifs is 3. The van der Waals surface area contributed by atoms with Gasteiger partial charge in [0.05, 0.1) is 22.6 Å². The van der Waals surface area contributed by atoms with Crippen LogP contribution in [0, 0.1) is 17.1 Å². The van der Waals surface area contributed by atoms with Gasteiger partial charge in [0, 0.05) is 5.56 Å². The third-order valence-corrected chi connectivity index (χ3v) is 3.98. The lowest BCUT2D eigenvalue weighted by molar-refractivity contribution is 0.603. The van der Waals surface area contributed by atoms with E-state index in [9.17, 15) is 9.65 Å². The standard InChI is InChI=1S/C17H12FN5/c18-12-6-2-1-5-10(12)15-11(9-19)16(20)23-14-8-4-3-7-13(14)21-17(23)22-15/h1-8,15H,20H2,(H,21,22)/t15-/m0/s1. The van der Waals surface area contributed by atoms with Crippen molar-refractivity contribution < 1.29 is 4.39 Å². The molecule has 1 aliphatic heterocycles. The van der Waals surface area contributed by atoms with Crippen LogP contribution in [0.2, 0.25) is 0 Å². The van der Waals surface area contributed by atoms with Gasteiger partial charge in [0.2, 0.25) is 5.95 Å². The number of aromatic nitrogens is 2. The zero-order valence-electron chi connectivity index (χ0n) is 12.0. The van der Waals surface area contributed by atoms with Gasteiger partial charge in [-0.25, -0.2) is 9.37 Å². The van der Waals surface area contributed by atoms with Gasteiger partial charge in [-0.05, 0) is 18.2 Å². The van der Waals surface area contributed by atoms with Crippen LogP contribution in [0.15, 0.2) is 54.1 Å². The minimum absolute atomic E-state index is 0.267. The number of benzene rings is 2. The molecule has 0 unspecified atom stereocenters. The predicted octanol–water partition coefficient (Wildman–Crippen LogP) is 2.99. The van der Waals surface area contributed by atoms with Crippen molar-refractivity contribution in [3.63, 3.8) is 0 Å². The molecule has 6 heteroatoms. The molecule has 2 heterocycles. The summed E-state index contributed by atoms with van der Waals surface area (Å²) in [4.78, 5) is 4.48. The van der Waals surface area contributed by atoms with Crippen LogP contribution >= 0.6 is 0 Å². The van der Waals surface area contributed by atoms with Crippen LogP contribution in [-0.2, 0) is 0 Å². The number of anilines is 1. The Hall–Kier alpha value is -3.33. The molecule has 0 saturated heterocycles. The highest BCUT2D eigenvalue weighted by molar-refractivity contribution is 5.85. The van der Waals surface area contributed by atoms with Crippen molar-refractivity contribution in [3.05, 3.63) is 65.5 Å². The molecule has 1 aliphatic rings. The molecule has 0 bridgehead atoms. The second-order valence-corrected chi connectivity index (χ2v) is 5.27. The minimum atomic E-state index is -0.662. The van der Waals surface area contributed by atoms with Crippen LogP contribution in [0.1, 0.15) is 11.6 Å². The number of nitrogens with one attached hydrogen (secondary N) is 1. The van der Waals surface area contributed by atoms with E-state index in [1.165, 1.54) is 6.07 Å². The van der Waals surface area contributed by atoms with Gasteiger partial charge in [-0.3, -0.25) is 4.57 Å². The van der Waals surface area contributed by atoms with Gasteiger partial charge in [0.1, 0.15) is 17.7 Å². The monoisotopic (exact) mass is 305 g/mol. The van der Waals surface area contributed by atoms with E-state index in [0.29, 0.717) is 11.5 Å². The first kappa shape index (κ1) is 13.3. The lowest BCUT2D eigenvalue weighted by atomic mass is 9.97. The van der Waals surface area contributed by atoms with Crippen molar-refractivity contribution in [2.45, 2.75) is 6.04 Å². The van der Waals surface area contributed by atoms with Crippen LogP contribution in [0.3, 0.4) is 0 Å². The van der Waals surface area contributed by atoms with Crippen molar-refractivity contribution in [2.24, 2.45) is 5.73 Å². The molecule has 0 fully saturated rings. The Kier molecular flexibility index (Phi) is 2.81. The molecular formula is C17H12FN5. The van der Waals surface area contributed by atoms with E-state index in [4.69, 9.17) is 5.73 Å². The summed E-state index contributed by atoms with van der Waals surface area (Å²) in [6.45, 7) is 0. The number of rotatable bonds is 1. The fraction of sp³-hybridized carbons (Fsp3) is 0.0588. The van der Waals surface area contributed by atoms with Crippen LogP contribution < -0.4 is 11.1 Å². The first-order valence-corrected chi connectivity index (χ1v) is 7.09. The number of nitrogens with zero attached hydrogens (tertiary/aromatic N) is 3. The van der Waals surface area contributed by atoms with Crippen LogP contribution in [0.5, 0.6) is 0 Å². The van der Waals surface area contributed by atoms with E-state index in [-0.39, 0.29) is 11.4 Å². The average molecular weight is 305 g/mol. The van der Waals surface area contributed by atoms with Crippen molar-refractivity contribution in [1.82, 2.24) is 9.55 Å². The Labute approximate surface area is 131 Å². The zero-order chi connectivity index (χ0) is 16.0. The Bertz CT molecular complexity index is 996. The van der Waals surface area contributed by atoms with Gasteiger partial charge in [-0.2, -0.15) is 5.26 Å². The summed E-state index contributed by atoms with van der Waals surface area (Å²) < 4.78 is 15.8. The summed E-state index contributed by atoms with van der Waals surface area (Å²) in [5.41, 5.74) is 8.39. The number of hydrogen-bond donors (Lipinski definition) is 2. The van der Waals surface area contributed by atoms with Crippen molar-refractivity contribution >= 4 is 22.8 Å². The van der Waals surface area contributed by atoms with Gasteiger partial charge < -0.3 is 11.1 Å².